The van der Waals surface area contributed by atoms with Gasteiger partial charge in [0.25, 0.3) is 0 Å². The molecule has 1 N–H and O–H groups in total. The fraction of sp³-hybridized carbons (Fsp3) is 0.0690. The number of para-hydroxylation sites is 1. The Morgan fingerprint density at radius 2 is 1.06 bits per heavy atom. The van der Waals surface area contributed by atoms with Crippen LogP contribution < -0.4 is 15.9 Å². The van der Waals surface area contributed by atoms with E-state index < -0.39 is 7.92 Å². The first-order valence-electron chi connectivity index (χ1n) is 10.8. The van der Waals surface area contributed by atoms with Crippen LogP contribution in [0, 0.1) is 0 Å². The molecule has 0 fully saturated rings. The van der Waals surface area contributed by atoms with E-state index in [2.05, 4.69) is 96.0 Å². The van der Waals surface area contributed by atoms with Gasteiger partial charge in [0.1, 0.15) is 15.9 Å². The van der Waals surface area contributed by atoms with Crippen LogP contribution in [0.15, 0.2) is 137 Å². The van der Waals surface area contributed by atoms with Gasteiger partial charge in [-0.15, -0.1) is 4.90 Å². The van der Waals surface area contributed by atoms with Gasteiger partial charge in [0.05, 0.1) is 13.7 Å². The predicted molar refractivity (Wildman–Crippen MR) is 148 cm³/mol. The number of rotatable bonds is 5. The third-order valence-electron chi connectivity index (χ3n) is 4.77. The molecule has 0 aromatic heterocycles. The molecule has 0 atom stereocenters. The molecule has 0 aliphatic carbocycles. The van der Waals surface area contributed by atoms with E-state index in [0.29, 0.717) is 0 Å². The second-order valence-electron chi connectivity index (χ2n) is 7.48. The van der Waals surface area contributed by atoms with Crippen LogP contribution in [-0.2, 0) is 29.1 Å². The molecule has 5 heteroatoms. The van der Waals surface area contributed by atoms with E-state index in [1.807, 2.05) is 31.2 Å². The number of allylic oxidation sites excluding steroid dienone is 2. The van der Waals surface area contributed by atoms with E-state index in [-0.39, 0.29) is 22.3 Å². The zero-order valence-electron chi connectivity index (χ0n) is 19.2. The fourth-order valence-electron chi connectivity index (χ4n) is 3.39. The maximum Gasteiger partial charge on any atom is 0.102 e. The fourth-order valence-corrected chi connectivity index (χ4v) is 6.16. The van der Waals surface area contributed by atoms with Crippen molar-refractivity contribution in [3.8, 4) is 0 Å². The monoisotopic (exact) mass is 527 g/mol. The quantitative estimate of drug-likeness (QED) is 0.108. The number of aliphatic hydroxyl groups is 1. The summed E-state index contributed by atoms with van der Waals surface area (Å²) < 4.78 is 0. The van der Waals surface area contributed by atoms with Crippen LogP contribution in [0.4, 0.5) is 5.69 Å². The molecule has 0 spiro atoms. The number of aliphatic hydroxyl groups excluding tert-OH is 1. The van der Waals surface area contributed by atoms with Crippen molar-refractivity contribution in [1.82, 2.24) is 0 Å². The summed E-state index contributed by atoms with van der Waals surface area (Å²) >= 11 is 5.09. The second-order valence-corrected chi connectivity index (χ2v) is 10.4. The van der Waals surface area contributed by atoms with E-state index in [4.69, 9.17) is 17.7 Å². The topological polar surface area (TPSA) is 32.6 Å². The zero-order valence-corrected chi connectivity index (χ0v) is 22.0. The van der Waals surface area contributed by atoms with E-state index in [0.717, 1.165) is 16.3 Å². The summed E-state index contributed by atoms with van der Waals surface area (Å²) in [5, 5.41) is 13.3. The van der Waals surface area contributed by atoms with Gasteiger partial charge in [0.15, 0.2) is 0 Å². The number of aliphatic imine (C=N–C) groups is 1. The van der Waals surface area contributed by atoms with Crippen molar-refractivity contribution in [2.75, 3.05) is 0 Å². The van der Waals surface area contributed by atoms with Gasteiger partial charge in [-0.05, 0) is 62.4 Å². The Bertz CT molecular complexity index is 1100. The van der Waals surface area contributed by atoms with Crippen molar-refractivity contribution < 1.29 is 21.6 Å². The van der Waals surface area contributed by atoms with Gasteiger partial charge in [-0.3, -0.25) is 4.99 Å². The molecular formula is C29H28NNiOPS. The molecule has 2 nitrogen and oxygen atoms in total. The summed E-state index contributed by atoms with van der Waals surface area (Å²) in [7, 11) is -0.877. The van der Waals surface area contributed by atoms with Crippen molar-refractivity contribution in [1.29, 1.82) is 0 Å². The second kappa shape index (κ2) is 14.5. The van der Waals surface area contributed by atoms with Crippen molar-refractivity contribution in [3.05, 3.63) is 127 Å². The van der Waals surface area contributed by atoms with Crippen LogP contribution in [0.3, 0.4) is 0 Å². The maximum atomic E-state index is 9.02. The van der Waals surface area contributed by atoms with Crippen LogP contribution in [0.25, 0.3) is 0 Å². The van der Waals surface area contributed by atoms with Crippen molar-refractivity contribution >= 4 is 47.9 Å². The van der Waals surface area contributed by atoms with E-state index >= 15 is 0 Å². The minimum atomic E-state index is -0.877. The minimum Gasteiger partial charge on any atom is -0.778 e. The molecule has 0 saturated carbocycles. The smallest absolute Gasteiger partial charge is 0.102 e. The maximum absolute atomic E-state index is 9.02. The first-order valence-corrected chi connectivity index (χ1v) is 12.7. The van der Waals surface area contributed by atoms with Gasteiger partial charge >= 0.3 is 0 Å². The Morgan fingerprint density at radius 3 is 1.44 bits per heavy atom. The zero-order chi connectivity index (χ0) is 23.5. The van der Waals surface area contributed by atoms with E-state index in [1.54, 1.807) is 13.0 Å². The first-order chi connectivity index (χ1) is 16.0. The third-order valence-corrected chi connectivity index (χ3v) is 7.84. The Labute approximate surface area is 219 Å². The van der Waals surface area contributed by atoms with Crippen LogP contribution >= 0.6 is 7.92 Å². The van der Waals surface area contributed by atoms with Gasteiger partial charge < -0.3 is 17.7 Å². The molecular weight excluding hydrogens is 500 g/mol. The molecule has 4 aromatic rings. The van der Waals surface area contributed by atoms with Crippen molar-refractivity contribution in [2.24, 2.45) is 4.99 Å². The molecule has 176 valence electrons. The average Bonchev–Trinajstić information content (AvgIpc) is 2.83. The minimum absolute atomic E-state index is 0. The molecule has 4 rings (SSSR count). The molecule has 34 heavy (non-hydrogen) atoms. The van der Waals surface area contributed by atoms with Crippen molar-refractivity contribution in [3.63, 3.8) is 0 Å². The van der Waals surface area contributed by atoms with Crippen LogP contribution in [0.1, 0.15) is 13.8 Å². The number of hydrogen-bond donors (Lipinski definition) is 1. The third kappa shape index (κ3) is 8.54. The Balaban J connectivity index is 0.000000245. The summed E-state index contributed by atoms with van der Waals surface area (Å²) in [6, 6.07) is 39.9. The van der Waals surface area contributed by atoms with Gasteiger partial charge in [-0.1, -0.05) is 72.8 Å². The summed E-state index contributed by atoms with van der Waals surface area (Å²) in [5.74, 6) is 0.244. The average molecular weight is 528 g/mol. The van der Waals surface area contributed by atoms with Gasteiger partial charge in [-0.25, -0.2) is 0 Å². The van der Waals surface area contributed by atoms with E-state index in [9.17, 15) is 0 Å². The van der Waals surface area contributed by atoms with Crippen LogP contribution in [0.2, 0.25) is 0 Å². The standard InChI is InChI=1S/C18H15P.C11H13NOS.Ni/c1-4-10-16(11-5-1)19(17-12-6-2-7-13-17)18-14-8-3-9-15-18;1-8(7-9(2)13)12-10-5-3-4-6-11(10)14;/h1-15H;3-7,13-14H,1-2H3;. The Morgan fingerprint density at radius 1 is 0.676 bits per heavy atom. The molecule has 0 aliphatic rings. The molecule has 0 unspecified atom stereocenters. The summed E-state index contributed by atoms with van der Waals surface area (Å²) in [4.78, 5) is 4.99. The summed E-state index contributed by atoms with van der Waals surface area (Å²) in [6.45, 7) is 3.43. The summed E-state index contributed by atoms with van der Waals surface area (Å²) in [5.41, 5.74) is 1.50. The van der Waals surface area contributed by atoms with Crippen LogP contribution in [0.5, 0.6) is 0 Å². The molecule has 0 aliphatic heterocycles. The molecule has 0 saturated heterocycles. The molecule has 0 radical (unpaired) electrons. The van der Waals surface area contributed by atoms with Crippen molar-refractivity contribution in [2.45, 2.75) is 18.7 Å². The molecule has 0 amide bonds. The normalized spacial score (nSPS) is 11.3. The van der Waals surface area contributed by atoms with Gasteiger partial charge in [0.2, 0.25) is 0 Å². The summed E-state index contributed by atoms with van der Waals surface area (Å²) in [6.07, 6.45) is 1.60. The first kappa shape index (κ1) is 27.5. The Hall–Kier alpha value is -2.77. The molecule has 4 aromatic carbocycles. The SMILES string of the molecule is CC(O)=CC(C)=Nc1ccccc1[S-].[Ni].c1ccc([PH+](c2ccccc2)c2ccccc2)cc1. The Kier molecular flexibility index (Phi) is 11.7. The molecule has 0 heterocycles. The number of benzene rings is 4. The number of nitrogens with zero attached hydrogens (tertiary/aromatic N) is 1. The van der Waals surface area contributed by atoms with Crippen LogP contribution in [-0.4, -0.2) is 10.8 Å². The van der Waals surface area contributed by atoms with E-state index in [1.165, 1.54) is 15.9 Å². The molecule has 0 bridgehead atoms. The largest absolute Gasteiger partial charge is 0.778 e. The van der Waals surface area contributed by atoms with Gasteiger partial charge in [-0.2, -0.15) is 0 Å². The van der Waals surface area contributed by atoms with Gasteiger partial charge in [0, 0.05) is 27.9 Å². The predicted octanol–water partition coefficient (Wildman–Crippen LogP) is 6.32. The number of hydrogen-bond acceptors (Lipinski definition) is 3.